The zero-order valence-corrected chi connectivity index (χ0v) is 22.7. The van der Waals surface area contributed by atoms with Crippen molar-refractivity contribution in [2.24, 2.45) is 0 Å². The average Bonchev–Trinajstić information content (AvgIpc) is 2.92. The molecule has 0 unspecified atom stereocenters. The molecule has 3 aromatic carbocycles. The van der Waals surface area contributed by atoms with Crippen molar-refractivity contribution in [3.63, 3.8) is 0 Å². The van der Waals surface area contributed by atoms with E-state index in [-0.39, 0.29) is 23.0 Å². The van der Waals surface area contributed by atoms with Crippen LogP contribution in [-0.2, 0) is 26.2 Å². The van der Waals surface area contributed by atoms with Crippen molar-refractivity contribution in [3.05, 3.63) is 89.7 Å². The second-order valence-electron chi connectivity index (χ2n) is 8.71. The maximum Gasteiger partial charge on any atom is 0.264 e. The molecule has 202 valence electrons. The molecule has 0 aromatic heterocycles. The summed E-state index contributed by atoms with van der Waals surface area (Å²) in [5, 5.41) is 2.59. The third-order valence-electron chi connectivity index (χ3n) is 6.15. The van der Waals surface area contributed by atoms with Gasteiger partial charge in [0.15, 0.2) is 0 Å². The van der Waals surface area contributed by atoms with Crippen LogP contribution in [0.4, 0.5) is 10.1 Å². The van der Waals surface area contributed by atoms with Crippen LogP contribution >= 0.6 is 0 Å². The van der Waals surface area contributed by atoms with Gasteiger partial charge in [0.05, 0.1) is 17.7 Å². The van der Waals surface area contributed by atoms with Gasteiger partial charge < -0.3 is 15.0 Å². The van der Waals surface area contributed by atoms with Crippen molar-refractivity contribution in [2.45, 2.75) is 37.8 Å². The molecule has 0 heterocycles. The van der Waals surface area contributed by atoms with Crippen molar-refractivity contribution in [3.8, 4) is 5.75 Å². The van der Waals surface area contributed by atoms with Crippen LogP contribution in [0.25, 0.3) is 0 Å². The summed E-state index contributed by atoms with van der Waals surface area (Å²) in [5.74, 6) is -1.02. The predicted octanol–water partition coefficient (Wildman–Crippen LogP) is 3.89. The minimum Gasteiger partial charge on any atom is -0.497 e. The Hall–Kier alpha value is -3.92. The number of halogens is 1. The number of sulfonamides is 1. The van der Waals surface area contributed by atoms with Gasteiger partial charge in [0.2, 0.25) is 11.8 Å². The van der Waals surface area contributed by atoms with E-state index in [0.717, 1.165) is 27.6 Å². The van der Waals surface area contributed by atoms with Gasteiger partial charge >= 0.3 is 0 Å². The first kappa shape index (κ1) is 28.6. The predicted molar refractivity (Wildman–Crippen MR) is 144 cm³/mol. The fourth-order valence-electron chi connectivity index (χ4n) is 3.99. The van der Waals surface area contributed by atoms with Gasteiger partial charge in [-0.05, 0) is 67.4 Å². The molecule has 0 aliphatic rings. The van der Waals surface area contributed by atoms with Crippen LogP contribution < -0.4 is 14.4 Å². The summed E-state index contributed by atoms with van der Waals surface area (Å²) in [6, 6.07) is 17.3. The lowest BCUT2D eigenvalue weighted by Gasteiger charge is -2.33. The molecular weight excluding hydrogens is 509 g/mol. The van der Waals surface area contributed by atoms with E-state index < -0.39 is 34.3 Å². The highest BCUT2D eigenvalue weighted by atomic mass is 32.2. The fraction of sp³-hybridized carbons (Fsp3) is 0.286. The molecule has 1 atom stereocenters. The first-order valence-corrected chi connectivity index (χ1v) is 13.5. The van der Waals surface area contributed by atoms with Crippen LogP contribution in [0.2, 0.25) is 0 Å². The number of methoxy groups -OCH3 is 1. The van der Waals surface area contributed by atoms with E-state index in [4.69, 9.17) is 4.74 Å². The van der Waals surface area contributed by atoms with E-state index in [2.05, 4.69) is 5.32 Å². The molecule has 3 rings (SSSR count). The molecule has 38 heavy (non-hydrogen) atoms. The number of amides is 2. The summed E-state index contributed by atoms with van der Waals surface area (Å²) < 4.78 is 47.2. The smallest absolute Gasteiger partial charge is 0.264 e. The Labute approximate surface area is 223 Å². The number of ether oxygens (including phenoxy) is 1. The first-order valence-electron chi connectivity index (χ1n) is 12.1. The van der Waals surface area contributed by atoms with Crippen LogP contribution in [0.15, 0.2) is 77.7 Å². The summed E-state index contributed by atoms with van der Waals surface area (Å²) in [5.41, 5.74) is 1.94. The topological polar surface area (TPSA) is 96.0 Å². The van der Waals surface area contributed by atoms with Crippen LogP contribution in [0.3, 0.4) is 0 Å². The summed E-state index contributed by atoms with van der Waals surface area (Å²) in [7, 11) is -1.30. The zero-order chi connectivity index (χ0) is 27.9. The molecule has 0 saturated heterocycles. The molecule has 0 saturated carbocycles. The third kappa shape index (κ3) is 6.69. The minimum atomic E-state index is -4.25. The number of hydrogen-bond donors (Lipinski definition) is 1. The molecule has 0 radical (unpaired) electrons. The van der Waals surface area contributed by atoms with Gasteiger partial charge in [-0.15, -0.1) is 0 Å². The normalized spacial score (nSPS) is 11.9. The monoisotopic (exact) mass is 541 g/mol. The second kappa shape index (κ2) is 12.6. The zero-order valence-electron chi connectivity index (χ0n) is 21.8. The van der Waals surface area contributed by atoms with E-state index in [0.29, 0.717) is 12.2 Å². The highest BCUT2D eigenvalue weighted by molar-refractivity contribution is 7.92. The molecule has 2 amide bonds. The number of nitrogens with one attached hydrogen (secondary N) is 1. The number of carbonyl (C=O) groups excluding carboxylic acids is 2. The van der Waals surface area contributed by atoms with E-state index in [9.17, 15) is 22.4 Å². The first-order chi connectivity index (χ1) is 18.1. The number of anilines is 1. The largest absolute Gasteiger partial charge is 0.497 e. The molecule has 0 bridgehead atoms. The van der Waals surface area contributed by atoms with Gasteiger partial charge in [-0.25, -0.2) is 12.8 Å². The number of nitrogens with zero attached hydrogens (tertiary/aromatic N) is 2. The number of carbonyl (C=O) groups is 2. The van der Waals surface area contributed by atoms with E-state index in [1.807, 2.05) is 31.2 Å². The van der Waals surface area contributed by atoms with Crippen LogP contribution in [0.5, 0.6) is 5.75 Å². The SMILES string of the molecule is CC[C@H](C(=O)NC)N(Cc1ccc(C)cc1)C(=O)CN(c1ccc(F)cc1)S(=O)(=O)c1ccc(OC)cc1. The maximum atomic E-state index is 13.8. The summed E-state index contributed by atoms with van der Waals surface area (Å²) in [6.07, 6.45) is 0.319. The maximum absolute atomic E-state index is 13.8. The van der Waals surface area contributed by atoms with Crippen LogP contribution in [0.1, 0.15) is 24.5 Å². The molecule has 3 aromatic rings. The molecule has 0 fully saturated rings. The van der Waals surface area contributed by atoms with E-state index in [1.165, 1.54) is 55.5 Å². The van der Waals surface area contributed by atoms with E-state index in [1.54, 1.807) is 6.92 Å². The summed E-state index contributed by atoms with van der Waals surface area (Å²) >= 11 is 0. The molecule has 0 spiro atoms. The number of hydrogen-bond acceptors (Lipinski definition) is 5. The molecule has 0 aliphatic heterocycles. The van der Waals surface area contributed by atoms with Gasteiger partial charge in [0.1, 0.15) is 24.2 Å². The summed E-state index contributed by atoms with van der Waals surface area (Å²) in [6.45, 7) is 3.22. The number of rotatable bonds is 11. The van der Waals surface area contributed by atoms with Gasteiger partial charge in [-0.3, -0.25) is 13.9 Å². The Morgan fingerprint density at radius 1 is 0.974 bits per heavy atom. The van der Waals surface area contributed by atoms with Crippen LogP contribution in [0, 0.1) is 12.7 Å². The number of aryl methyl sites for hydroxylation is 1. The number of benzene rings is 3. The Morgan fingerprint density at radius 3 is 2.11 bits per heavy atom. The molecule has 8 nitrogen and oxygen atoms in total. The second-order valence-corrected chi connectivity index (χ2v) is 10.6. The van der Waals surface area contributed by atoms with Gasteiger partial charge in [0, 0.05) is 13.6 Å². The minimum absolute atomic E-state index is 0.0705. The molecule has 0 aliphatic carbocycles. The third-order valence-corrected chi connectivity index (χ3v) is 7.93. The summed E-state index contributed by atoms with van der Waals surface area (Å²) in [4.78, 5) is 27.8. The van der Waals surface area contributed by atoms with Crippen molar-refractivity contribution < 1.29 is 27.1 Å². The molecule has 10 heteroatoms. The van der Waals surface area contributed by atoms with Gasteiger partial charge in [0.25, 0.3) is 10.0 Å². The highest BCUT2D eigenvalue weighted by Crippen LogP contribution is 2.26. The van der Waals surface area contributed by atoms with Gasteiger partial charge in [-0.1, -0.05) is 36.8 Å². The lowest BCUT2D eigenvalue weighted by atomic mass is 10.1. The standard InChI is InChI=1S/C28H32FN3O5S/c1-5-26(28(34)30-3)31(18-21-8-6-20(2)7-9-21)27(33)19-32(23-12-10-22(29)11-13-23)38(35,36)25-16-14-24(37-4)15-17-25/h6-17,26H,5,18-19H2,1-4H3,(H,30,34)/t26-/m1/s1. The quantitative estimate of drug-likeness (QED) is 0.397. The average molecular weight is 542 g/mol. The Kier molecular flexibility index (Phi) is 9.46. The lowest BCUT2D eigenvalue weighted by molar-refractivity contribution is -0.140. The lowest BCUT2D eigenvalue weighted by Crippen LogP contribution is -2.51. The fourth-order valence-corrected chi connectivity index (χ4v) is 5.40. The molecular formula is C28H32FN3O5S. The Bertz CT molecular complexity index is 1340. The van der Waals surface area contributed by atoms with Crippen molar-refractivity contribution in [2.75, 3.05) is 25.0 Å². The van der Waals surface area contributed by atoms with Crippen molar-refractivity contribution in [1.29, 1.82) is 0 Å². The highest BCUT2D eigenvalue weighted by Gasteiger charge is 2.33. The number of likely N-dealkylation sites (N-methyl/N-ethyl adjacent to an activating group) is 1. The van der Waals surface area contributed by atoms with Crippen molar-refractivity contribution in [1.82, 2.24) is 10.2 Å². The Morgan fingerprint density at radius 2 is 1.58 bits per heavy atom. The van der Waals surface area contributed by atoms with Crippen LogP contribution in [-0.4, -0.2) is 51.9 Å². The van der Waals surface area contributed by atoms with E-state index >= 15 is 0 Å². The molecule has 1 N–H and O–H groups in total. The Balaban J connectivity index is 2.04. The van der Waals surface area contributed by atoms with Gasteiger partial charge in [-0.2, -0.15) is 0 Å². The van der Waals surface area contributed by atoms with Crippen molar-refractivity contribution >= 4 is 27.5 Å².